The minimum Gasteiger partial charge on any atom is -0.464 e. The third kappa shape index (κ3) is 5.00. The number of hydrogen-bond donors (Lipinski definition) is 0. The van der Waals surface area contributed by atoms with E-state index in [1.807, 2.05) is 54.6 Å². The topological polar surface area (TPSA) is 35.5 Å². The first-order valence-corrected chi connectivity index (χ1v) is 7.43. The summed E-state index contributed by atoms with van der Waals surface area (Å²) in [5.74, 6) is 0.289. The van der Waals surface area contributed by atoms with Gasteiger partial charge in [-0.15, -0.1) is 0 Å². The van der Waals surface area contributed by atoms with E-state index in [4.69, 9.17) is 9.47 Å². The molecule has 0 aliphatic carbocycles. The van der Waals surface area contributed by atoms with Crippen molar-refractivity contribution in [3.8, 4) is 5.75 Å². The van der Waals surface area contributed by atoms with Gasteiger partial charge in [-0.25, -0.2) is 4.79 Å². The SMILES string of the molecule is CCOC(=O)/C=C/Oc1ccccc1Sc1ccccc1. The lowest BCUT2D eigenvalue weighted by atomic mass is 10.3. The van der Waals surface area contributed by atoms with Gasteiger partial charge < -0.3 is 9.47 Å². The van der Waals surface area contributed by atoms with Crippen molar-refractivity contribution in [3.05, 3.63) is 66.9 Å². The molecule has 0 bridgehead atoms. The first kappa shape index (κ1) is 15.2. The second-order valence-electron chi connectivity index (χ2n) is 4.03. The zero-order valence-electron chi connectivity index (χ0n) is 11.7. The Morgan fingerprint density at radius 3 is 2.57 bits per heavy atom. The molecule has 108 valence electrons. The molecule has 0 aromatic heterocycles. The van der Waals surface area contributed by atoms with Crippen LogP contribution in [0.15, 0.2) is 76.7 Å². The smallest absolute Gasteiger partial charge is 0.333 e. The van der Waals surface area contributed by atoms with E-state index in [0.717, 1.165) is 9.79 Å². The first-order chi connectivity index (χ1) is 10.3. The van der Waals surface area contributed by atoms with Gasteiger partial charge in [0.05, 0.1) is 23.8 Å². The van der Waals surface area contributed by atoms with E-state index in [-0.39, 0.29) is 0 Å². The van der Waals surface area contributed by atoms with Gasteiger partial charge in [-0.3, -0.25) is 0 Å². The van der Waals surface area contributed by atoms with Gasteiger partial charge in [-0.1, -0.05) is 42.1 Å². The zero-order valence-corrected chi connectivity index (χ0v) is 12.5. The average Bonchev–Trinajstić information content (AvgIpc) is 2.50. The molecular weight excluding hydrogens is 284 g/mol. The van der Waals surface area contributed by atoms with Crippen LogP contribution in [0.4, 0.5) is 0 Å². The minimum absolute atomic E-state index is 0.351. The number of benzene rings is 2. The van der Waals surface area contributed by atoms with Crippen LogP contribution in [-0.2, 0) is 9.53 Å². The summed E-state index contributed by atoms with van der Waals surface area (Å²) in [5, 5.41) is 0. The van der Waals surface area contributed by atoms with Crippen molar-refractivity contribution in [2.75, 3.05) is 6.61 Å². The maximum Gasteiger partial charge on any atom is 0.333 e. The number of esters is 1. The van der Waals surface area contributed by atoms with Crippen molar-refractivity contribution in [2.24, 2.45) is 0 Å². The third-order valence-corrected chi connectivity index (χ3v) is 3.57. The Balaban J connectivity index is 2.05. The molecule has 0 radical (unpaired) electrons. The Morgan fingerprint density at radius 1 is 1.10 bits per heavy atom. The Hall–Kier alpha value is -2.20. The van der Waals surface area contributed by atoms with Crippen molar-refractivity contribution in [2.45, 2.75) is 16.7 Å². The molecule has 0 atom stereocenters. The Morgan fingerprint density at radius 2 is 1.81 bits per heavy atom. The Labute approximate surface area is 128 Å². The molecule has 3 nitrogen and oxygen atoms in total. The van der Waals surface area contributed by atoms with Crippen LogP contribution in [0.1, 0.15) is 6.92 Å². The van der Waals surface area contributed by atoms with Gasteiger partial charge in [0.25, 0.3) is 0 Å². The summed E-state index contributed by atoms with van der Waals surface area (Å²) in [5.41, 5.74) is 0. The second kappa shape index (κ2) is 8.17. The molecule has 2 aromatic carbocycles. The normalized spacial score (nSPS) is 10.5. The van der Waals surface area contributed by atoms with E-state index < -0.39 is 5.97 Å². The molecule has 0 unspecified atom stereocenters. The van der Waals surface area contributed by atoms with Crippen LogP contribution < -0.4 is 4.74 Å². The van der Waals surface area contributed by atoms with Crippen molar-refractivity contribution in [1.29, 1.82) is 0 Å². The molecular formula is C17H16O3S. The van der Waals surface area contributed by atoms with Crippen LogP contribution in [-0.4, -0.2) is 12.6 Å². The maximum absolute atomic E-state index is 11.2. The molecule has 0 saturated carbocycles. The van der Waals surface area contributed by atoms with Crippen molar-refractivity contribution >= 4 is 17.7 Å². The number of ether oxygens (including phenoxy) is 2. The second-order valence-corrected chi connectivity index (χ2v) is 5.15. The molecule has 0 saturated heterocycles. The van der Waals surface area contributed by atoms with Gasteiger partial charge in [-0.2, -0.15) is 0 Å². The van der Waals surface area contributed by atoms with Crippen LogP contribution in [0.3, 0.4) is 0 Å². The van der Waals surface area contributed by atoms with Crippen molar-refractivity contribution < 1.29 is 14.3 Å². The van der Waals surface area contributed by atoms with Gasteiger partial charge in [0.1, 0.15) is 5.75 Å². The molecule has 21 heavy (non-hydrogen) atoms. The fraction of sp³-hybridized carbons (Fsp3) is 0.118. The molecule has 2 rings (SSSR count). The number of carbonyl (C=O) groups excluding carboxylic acids is 1. The maximum atomic E-state index is 11.2. The van der Waals surface area contributed by atoms with Crippen molar-refractivity contribution in [1.82, 2.24) is 0 Å². The van der Waals surface area contributed by atoms with Crippen LogP contribution in [0.25, 0.3) is 0 Å². The number of hydrogen-bond acceptors (Lipinski definition) is 4. The van der Waals surface area contributed by atoms with E-state index in [0.29, 0.717) is 12.4 Å². The van der Waals surface area contributed by atoms with Gasteiger partial charge in [0, 0.05) is 4.90 Å². The molecule has 0 amide bonds. The van der Waals surface area contributed by atoms with E-state index in [1.54, 1.807) is 18.7 Å². The molecule has 2 aromatic rings. The number of carbonyl (C=O) groups is 1. The predicted octanol–water partition coefficient (Wildman–Crippen LogP) is 4.29. The lowest BCUT2D eigenvalue weighted by molar-refractivity contribution is -0.137. The lowest BCUT2D eigenvalue weighted by Gasteiger charge is -2.07. The van der Waals surface area contributed by atoms with Gasteiger partial charge in [0.15, 0.2) is 0 Å². The molecule has 0 fully saturated rings. The summed E-state index contributed by atoms with van der Waals surface area (Å²) in [6.07, 6.45) is 2.62. The van der Waals surface area contributed by atoms with Crippen LogP contribution in [0, 0.1) is 0 Å². The van der Waals surface area contributed by atoms with Crippen LogP contribution in [0.2, 0.25) is 0 Å². The Kier molecular flexibility index (Phi) is 5.91. The summed E-state index contributed by atoms with van der Waals surface area (Å²) in [6, 6.07) is 17.7. The highest BCUT2D eigenvalue weighted by molar-refractivity contribution is 7.99. The molecule has 0 aliphatic heterocycles. The quantitative estimate of drug-likeness (QED) is 0.453. The summed E-state index contributed by atoms with van der Waals surface area (Å²) in [7, 11) is 0. The molecule has 0 spiro atoms. The minimum atomic E-state index is -0.411. The molecule has 4 heteroatoms. The summed E-state index contributed by atoms with van der Waals surface area (Å²) < 4.78 is 10.3. The first-order valence-electron chi connectivity index (χ1n) is 6.61. The van der Waals surface area contributed by atoms with Gasteiger partial charge in [0.2, 0.25) is 0 Å². The standard InChI is InChI=1S/C17H16O3S/c1-2-19-17(18)12-13-20-15-10-6-7-11-16(15)21-14-8-4-3-5-9-14/h3-13H,2H2,1H3/b13-12+. The van der Waals surface area contributed by atoms with E-state index in [2.05, 4.69) is 0 Å². The largest absolute Gasteiger partial charge is 0.464 e. The lowest BCUT2D eigenvalue weighted by Crippen LogP contribution is -1.99. The van der Waals surface area contributed by atoms with Crippen LogP contribution >= 0.6 is 11.8 Å². The summed E-state index contributed by atoms with van der Waals surface area (Å²) >= 11 is 1.61. The van der Waals surface area contributed by atoms with Gasteiger partial charge in [-0.05, 0) is 31.2 Å². The summed E-state index contributed by atoms with van der Waals surface area (Å²) in [6.45, 7) is 2.11. The highest BCUT2D eigenvalue weighted by Crippen LogP contribution is 2.34. The third-order valence-electron chi connectivity index (χ3n) is 2.51. The van der Waals surface area contributed by atoms with E-state index in [1.165, 1.54) is 12.3 Å². The highest BCUT2D eigenvalue weighted by Gasteiger charge is 2.04. The van der Waals surface area contributed by atoms with E-state index in [9.17, 15) is 4.79 Å². The van der Waals surface area contributed by atoms with Gasteiger partial charge >= 0.3 is 5.97 Å². The molecule has 0 aliphatic rings. The monoisotopic (exact) mass is 300 g/mol. The zero-order chi connectivity index (χ0) is 14.9. The molecule has 0 N–H and O–H groups in total. The highest BCUT2D eigenvalue weighted by atomic mass is 32.2. The average molecular weight is 300 g/mol. The number of para-hydroxylation sites is 1. The van der Waals surface area contributed by atoms with Crippen molar-refractivity contribution in [3.63, 3.8) is 0 Å². The fourth-order valence-electron chi connectivity index (χ4n) is 1.60. The predicted molar refractivity (Wildman–Crippen MR) is 83.4 cm³/mol. The fourth-order valence-corrected chi connectivity index (χ4v) is 2.51. The molecule has 0 heterocycles. The summed E-state index contributed by atoms with van der Waals surface area (Å²) in [4.78, 5) is 13.3. The number of rotatable bonds is 6. The van der Waals surface area contributed by atoms with E-state index >= 15 is 0 Å². The Bertz CT molecular complexity index is 608. The van der Waals surface area contributed by atoms with Crippen LogP contribution in [0.5, 0.6) is 5.75 Å².